The average Bonchev–Trinajstić information content (AvgIpc) is 2.69. The van der Waals surface area contributed by atoms with E-state index in [0.29, 0.717) is 13.2 Å². The number of benzene rings is 2. The van der Waals surface area contributed by atoms with Crippen molar-refractivity contribution in [3.8, 4) is 5.75 Å². The second kappa shape index (κ2) is 10.8. The van der Waals surface area contributed by atoms with E-state index in [-0.39, 0.29) is 18.7 Å². The van der Waals surface area contributed by atoms with Crippen LogP contribution in [0.4, 0.5) is 0 Å². The first kappa shape index (κ1) is 21.9. The molecule has 1 fully saturated rings. The Bertz CT molecular complexity index is 797. The molecule has 5 heteroatoms. The molecule has 0 aliphatic carbocycles. The van der Waals surface area contributed by atoms with Gasteiger partial charge in [-0.25, -0.2) is 0 Å². The van der Waals surface area contributed by atoms with Gasteiger partial charge in [-0.1, -0.05) is 42.0 Å². The summed E-state index contributed by atoms with van der Waals surface area (Å²) >= 11 is 1.79. The summed E-state index contributed by atoms with van der Waals surface area (Å²) < 4.78 is 22.5. The zero-order valence-corrected chi connectivity index (χ0v) is 18.4. The molecule has 1 heterocycles. The van der Waals surface area contributed by atoms with E-state index < -0.39 is 0 Å². The summed E-state index contributed by atoms with van der Waals surface area (Å²) in [5.74, 6) is 1.72. The van der Waals surface area contributed by atoms with Gasteiger partial charge in [0.2, 0.25) is 0 Å². The van der Waals surface area contributed by atoms with Gasteiger partial charge in [-0.05, 0) is 57.0 Å². The Morgan fingerprint density at radius 1 is 1.10 bits per heavy atom. The van der Waals surface area contributed by atoms with E-state index in [0.717, 1.165) is 17.1 Å². The maximum Gasteiger partial charge on any atom is 0.197 e. The Kier molecular flexibility index (Phi) is 8.19. The minimum Gasteiger partial charge on any atom is -0.488 e. The van der Waals surface area contributed by atoms with Gasteiger partial charge in [0.1, 0.15) is 12.4 Å². The summed E-state index contributed by atoms with van der Waals surface area (Å²) in [6.45, 7) is 9.17. The lowest BCUT2D eigenvalue weighted by Crippen LogP contribution is -2.42. The van der Waals surface area contributed by atoms with Crippen molar-refractivity contribution < 1.29 is 18.9 Å². The molecule has 0 spiro atoms. The molecule has 1 unspecified atom stereocenters. The van der Waals surface area contributed by atoms with Gasteiger partial charge in [0, 0.05) is 17.3 Å². The largest absolute Gasteiger partial charge is 0.488 e. The van der Waals surface area contributed by atoms with Crippen LogP contribution in [0.2, 0.25) is 0 Å². The molecule has 2 aromatic rings. The summed E-state index contributed by atoms with van der Waals surface area (Å²) in [5, 5.41) is 0. The van der Waals surface area contributed by atoms with Crippen LogP contribution in [-0.4, -0.2) is 37.7 Å². The Morgan fingerprint density at radius 3 is 2.52 bits per heavy atom. The maximum absolute atomic E-state index is 5.90. The fourth-order valence-corrected chi connectivity index (χ4v) is 3.98. The molecule has 1 aliphatic rings. The fourth-order valence-electron chi connectivity index (χ4n) is 3.00. The molecule has 0 N–H and O–H groups in total. The van der Waals surface area contributed by atoms with Crippen LogP contribution >= 0.6 is 11.8 Å². The van der Waals surface area contributed by atoms with E-state index in [1.54, 1.807) is 11.8 Å². The number of thioether (sulfide) groups is 1. The second-order valence-corrected chi connectivity index (χ2v) is 8.18. The highest BCUT2D eigenvalue weighted by molar-refractivity contribution is 7.99. The van der Waals surface area contributed by atoms with E-state index >= 15 is 0 Å². The number of rotatable bonds is 10. The Morgan fingerprint density at radius 2 is 1.86 bits per heavy atom. The molecule has 1 aliphatic heterocycles. The van der Waals surface area contributed by atoms with Crippen molar-refractivity contribution in [1.82, 2.24) is 0 Å². The highest BCUT2D eigenvalue weighted by Crippen LogP contribution is 2.27. The Labute approximate surface area is 178 Å². The van der Waals surface area contributed by atoms with Gasteiger partial charge in [-0.3, -0.25) is 0 Å². The lowest BCUT2D eigenvalue weighted by Gasteiger charge is -2.33. The predicted molar refractivity (Wildman–Crippen MR) is 118 cm³/mol. The van der Waals surface area contributed by atoms with Crippen molar-refractivity contribution in [2.75, 3.05) is 19.0 Å². The normalized spacial score (nSPS) is 19.9. The monoisotopic (exact) mass is 414 g/mol. The molecule has 29 heavy (non-hydrogen) atoms. The SMILES string of the molecule is CCOC(/C=C/c1ccc(C)cc1)CSc1ccc(OCC2OC(C)O2)c(C)c1. The summed E-state index contributed by atoms with van der Waals surface area (Å²) in [5.41, 5.74) is 3.56. The third kappa shape index (κ3) is 6.89. The van der Waals surface area contributed by atoms with Crippen LogP contribution in [0.5, 0.6) is 5.75 Å². The standard InChI is InChI=1S/C24H30O4S/c1-5-25-21(11-10-20-8-6-17(2)7-9-20)16-29-22-12-13-23(18(3)14-22)26-15-24-27-19(4)28-24/h6-14,19,21,24H,5,15-16H2,1-4H3/b11-10+. The number of hydrogen-bond donors (Lipinski definition) is 0. The first-order valence-corrected chi connectivity index (χ1v) is 11.1. The first-order chi connectivity index (χ1) is 14.0. The molecule has 0 aromatic heterocycles. The molecular weight excluding hydrogens is 384 g/mol. The van der Waals surface area contributed by atoms with Gasteiger partial charge >= 0.3 is 0 Å². The minimum absolute atomic E-state index is 0.0671. The van der Waals surface area contributed by atoms with Crippen molar-refractivity contribution >= 4 is 17.8 Å². The highest BCUT2D eigenvalue weighted by Gasteiger charge is 2.27. The van der Waals surface area contributed by atoms with Gasteiger partial charge in [0.15, 0.2) is 12.6 Å². The van der Waals surface area contributed by atoms with Gasteiger partial charge in [0.05, 0.1) is 6.10 Å². The summed E-state index contributed by atoms with van der Waals surface area (Å²) in [6, 6.07) is 14.8. The van der Waals surface area contributed by atoms with E-state index in [9.17, 15) is 0 Å². The van der Waals surface area contributed by atoms with E-state index in [1.165, 1.54) is 16.0 Å². The number of hydrogen-bond acceptors (Lipinski definition) is 5. The van der Waals surface area contributed by atoms with E-state index in [2.05, 4.69) is 62.4 Å². The molecule has 2 aromatic carbocycles. The zero-order chi connectivity index (χ0) is 20.6. The molecule has 0 bridgehead atoms. The molecule has 0 saturated carbocycles. The van der Waals surface area contributed by atoms with Crippen molar-refractivity contribution in [1.29, 1.82) is 0 Å². The van der Waals surface area contributed by atoms with Crippen LogP contribution in [-0.2, 0) is 14.2 Å². The summed E-state index contributed by atoms with van der Waals surface area (Å²) in [6.07, 6.45) is 3.96. The smallest absolute Gasteiger partial charge is 0.197 e. The van der Waals surface area contributed by atoms with Crippen LogP contribution in [0.1, 0.15) is 30.5 Å². The summed E-state index contributed by atoms with van der Waals surface area (Å²) in [7, 11) is 0. The van der Waals surface area contributed by atoms with Crippen LogP contribution in [0.3, 0.4) is 0 Å². The van der Waals surface area contributed by atoms with Crippen molar-refractivity contribution in [3.05, 3.63) is 65.2 Å². The molecule has 0 radical (unpaired) electrons. The molecule has 0 amide bonds. The van der Waals surface area contributed by atoms with Crippen LogP contribution in [0.25, 0.3) is 6.08 Å². The molecule has 4 nitrogen and oxygen atoms in total. The average molecular weight is 415 g/mol. The predicted octanol–water partition coefficient (Wildman–Crippen LogP) is 5.61. The number of aryl methyl sites for hydroxylation is 2. The molecular formula is C24H30O4S. The van der Waals surface area contributed by atoms with Gasteiger partial charge in [0.25, 0.3) is 0 Å². The van der Waals surface area contributed by atoms with E-state index in [1.807, 2.05) is 19.9 Å². The first-order valence-electron chi connectivity index (χ1n) is 10.1. The van der Waals surface area contributed by atoms with Crippen molar-refractivity contribution in [2.45, 2.75) is 51.3 Å². The highest BCUT2D eigenvalue weighted by atomic mass is 32.2. The van der Waals surface area contributed by atoms with Crippen molar-refractivity contribution in [2.24, 2.45) is 0 Å². The minimum atomic E-state index is -0.259. The molecule has 1 saturated heterocycles. The van der Waals surface area contributed by atoms with Gasteiger partial charge < -0.3 is 18.9 Å². The molecule has 3 rings (SSSR count). The fraction of sp³-hybridized carbons (Fsp3) is 0.417. The third-order valence-corrected chi connectivity index (χ3v) is 5.67. The molecule has 1 atom stereocenters. The number of ether oxygens (including phenoxy) is 4. The summed E-state index contributed by atoms with van der Waals surface area (Å²) in [4.78, 5) is 1.20. The topological polar surface area (TPSA) is 36.9 Å². The maximum atomic E-state index is 5.90. The van der Waals surface area contributed by atoms with Gasteiger partial charge in [-0.2, -0.15) is 0 Å². The lowest BCUT2D eigenvalue weighted by atomic mass is 10.1. The Hall–Kier alpha value is -1.79. The van der Waals surface area contributed by atoms with Crippen molar-refractivity contribution in [3.63, 3.8) is 0 Å². The quantitative estimate of drug-likeness (QED) is 0.472. The van der Waals surface area contributed by atoms with Crippen LogP contribution in [0, 0.1) is 13.8 Å². The van der Waals surface area contributed by atoms with Crippen LogP contribution in [0.15, 0.2) is 53.4 Å². The van der Waals surface area contributed by atoms with Crippen LogP contribution < -0.4 is 4.74 Å². The van der Waals surface area contributed by atoms with E-state index in [4.69, 9.17) is 18.9 Å². The lowest BCUT2D eigenvalue weighted by molar-refractivity contribution is -0.380. The molecule has 156 valence electrons. The zero-order valence-electron chi connectivity index (χ0n) is 17.6. The Balaban J connectivity index is 1.52. The van der Waals surface area contributed by atoms with Gasteiger partial charge in [-0.15, -0.1) is 11.8 Å². The second-order valence-electron chi connectivity index (χ2n) is 7.08. The third-order valence-electron chi connectivity index (χ3n) is 4.58.